The Morgan fingerprint density at radius 3 is 2.71 bits per heavy atom. The maximum Gasteiger partial charge on any atom is 0.0941 e. The molecule has 0 aromatic rings. The van der Waals surface area contributed by atoms with Crippen LogP contribution in [0.25, 0.3) is 0 Å². The summed E-state index contributed by atoms with van der Waals surface area (Å²) in [6, 6.07) is 2.00. The lowest BCUT2D eigenvalue weighted by atomic mass is 10.3. The Balaban J connectivity index is 3.57. The number of hydrogen-bond acceptors (Lipinski definition) is 1. The Hall–Kier alpha value is -0.290. The van der Waals surface area contributed by atoms with Crippen molar-refractivity contribution in [1.29, 1.82) is 5.26 Å². The van der Waals surface area contributed by atoms with Crippen LogP contribution in [0, 0.1) is 11.3 Å². The fourth-order valence-corrected chi connectivity index (χ4v) is 0.647. The van der Waals surface area contributed by atoms with Gasteiger partial charge < -0.3 is 0 Å². The summed E-state index contributed by atoms with van der Waals surface area (Å²) in [6.45, 7) is 1.78. The molecule has 0 radical (unpaired) electrons. The van der Waals surface area contributed by atoms with Gasteiger partial charge in [0.05, 0.1) is 6.07 Å². The molecule has 0 saturated carbocycles. The van der Waals surface area contributed by atoms with Crippen molar-refractivity contribution in [3.63, 3.8) is 0 Å². The van der Waals surface area contributed by atoms with Gasteiger partial charge in [0.15, 0.2) is 0 Å². The number of rotatable bonds is 1. The third-order valence-corrected chi connectivity index (χ3v) is 0.883. The first-order chi connectivity index (χ1) is 3.31. The smallest absolute Gasteiger partial charge is 0.0941 e. The van der Waals surface area contributed by atoms with E-state index in [2.05, 4.69) is 15.9 Å². The quantitative estimate of drug-likeness (QED) is 0.424. The first-order valence-electron chi connectivity index (χ1n) is 1.94. The summed E-state index contributed by atoms with van der Waals surface area (Å²) in [5.74, 6) is 0. The van der Waals surface area contributed by atoms with Crippen molar-refractivity contribution in [2.45, 2.75) is 6.92 Å². The minimum absolute atomic E-state index is 0.761. The molecule has 0 aromatic carbocycles. The predicted molar refractivity (Wildman–Crippen MR) is 33.2 cm³/mol. The van der Waals surface area contributed by atoms with Crippen LogP contribution in [-0.4, -0.2) is 5.33 Å². The molecule has 0 spiro atoms. The normalized spacial score (nSPS) is 10.7. The van der Waals surface area contributed by atoms with Crippen LogP contribution >= 0.6 is 15.9 Å². The molecule has 0 rings (SSSR count). The molecular formula is C5H6BrN. The maximum atomic E-state index is 8.13. The highest BCUT2D eigenvalue weighted by molar-refractivity contribution is 9.09. The Morgan fingerprint density at radius 1 is 2.00 bits per heavy atom. The maximum absolute atomic E-state index is 8.13. The van der Waals surface area contributed by atoms with E-state index in [4.69, 9.17) is 5.26 Å². The van der Waals surface area contributed by atoms with Crippen LogP contribution in [0.1, 0.15) is 6.92 Å². The Labute approximate surface area is 51.8 Å². The summed E-state index contributed by atoms with van der Waals surface area (Å²) in [5, 5.41) is 8.90. The third kappa shape index (κ3) is 3.54. The van der Waals surface area contributed by atoms with E-state index in [1.165, 1.54) is 0 Å². The average molecular weight is 160 g/mol. The van der Waals surface area contributed by atoms with Gasteiger partial charge in [0.1, 0.15) is 0 Å². The molecule has 0 aliphatic rings. The third-order valence-electron chi connectivity index (χ3n) is 0.560. The van der Waals surface area contributed by atoms with E-state index in [1.807, 2.05) is 12.1 Å². The summed E-state index contributed by atoms with van der Waals surface area (Å²) < 4.78 is 0. The zero-order chi connectivity index (χ0) is 5.70. The molecule has 0 aromatic heterocycles. The molecular weight excluding hydrogens is 154 g/mol. The van der Waals surface area contributed by atoms with Gasteiger partial charge in [0, 0.05) is 10.9 Å². The number of hydrogen-bond donors (Lipinski definition) is 0. The van der Waals surface area contributed by atoms with Crippen LogP contribution < -0.4 is 0 Å². The van der Waals surface area contributed by atoms with Gasteiger partial charge in [-0.05, 0) is 6.92 Å². The van der Waals surface area contributed by atoms with Gasteiger partial charge in [-0.3, -0.25) is 0 Å². The lowest BCUT2D eigenvalue weighted by molar-refractivity contribution is 1.43. The molecule has 0 saturated heterocycles. The minimum atomic E-state index is 0.761. The molecule has 0 atom stereocenters. The highest BCUT2D eigenvalue weighted by atomic mass is 79.9. The molecule has 38 valence electrons. The molecule has 0 aliphatic heterocycles. The van der Waals surface area contributed by atoms with Gasteiger partial charge in [-0.15, -0.1) is 0 Å². The van der Waals surface area contributed by atoms with E-state index in [1.54, 1.807) is 6.92 Å². The monoisotopic (exact) mass is 159 g/mol. The van der Waals surface area contributed by atoms with E-state index >= 15 is 0 Å². The van der Waals surface area contributed by atoms with Crippen molar-refractivity contribution in [2.75, 3.05) is 5.33 Å². The molecule has 2 heteroatoms. The van der Waals surface area contributed by atoms with Crippen molar-refractivity contribution in [1.82, 2.24) is 0 Å². The van der Waals surface area contributed by atoms with Gasteiger partial charge in [-0.1, -0.05) is 22.0 Å². The van der Waals surface area contributed by atoms with Gasteiger partial charge >= 0.3 is 0 Å². The average Bonchev–Trinajstić information content (AvgIpc) is 1.68. The highest BCUT2D eigenvalue weighted by Gasteiger charge is 1.76. The van der Waals surface area contributed by atoms with Crippen LogP contribution in [0.4, 0.5) is 0 Å². The largest absolute Gasteiger partial charge is 0.193 e. The van der Waals surface area contributed by atoms with Crippen molar-refractivity contribution in [3.8, 4) is 6.07 Å². The SMILES string of the molecule is CC(C#N)=CCBr. The summed E-state index contributed by atoms with van der Waals surface area (Å²) >= 11 is 3.16. The molecule has 0 N–H and O–H groups in total. The lowest BCUT2D eigenvalue weighted by Crippen LogP contribution is -1.66. The Kier molecular flexibility index (Phi) is 3.72. The van der Waals surface area contributed by atoms with Crippen molar-refractivity contribution in [3.05, 3.63) is 11.6 Å². The summed E-state index contributed by atoms with van der Waals surface area (Å²) in [5.41, 5.74) is 0.761. The van der Waals surface area contributed by atoms with Crippen LogP contribution in [0.2, 0.25) is 0 Å². The summed E-state index contributed by atoms with van der Waals surface area (Å²) in [4.78, 5) is 0. The molecule has 0 aliphatic carbocycles. The van der Waals surface area contributed by atoms with E-state index in [0.717, 1.165) is 10.9 Å². The van der Waals surface area contributed by atoms with Gasteiger partial charge in [-0.25, -0.2) is 0 Å². The first kappa shape index (κ1) is 6.71. The molecule has 0 unspecified atom stereocenters. The highest BCUT2D eigenvalue weighted by Crippen LogP contribution is 1.90. The van der Waals surface area contributed by atoms with E-state index in [0.29, 0.717) is 0 Å². The molecule has 0 amide bonds. The van der Waals surface area contributed by atoms with Crippen LogP contribution in [-0.2, 0) is 0 Å². The van der Waals surface area contributed by atoms with Gasteiger partial charge in [0.25, 0.3) is 0 Å². The van der Waals surface area contributed by atoms with E-state index in [-0.39, 0.29) is 0 Å². The number of halogens is 1. The number of allylic oxidation sites excluding steroid dienone is 2. The number of nitriles is 1. The molecule has 0 heterocycles. The zero-order valence-electron chi connectivity index (χ0n) is 4.11. The number of alkyl halides is 1. The predicted octanol–water partition coefficient (Wildman–Crippen LogP) is 1.85. The lowest BCUT2D eigenvalue weighted by Gasteiger charge is -1.76. The molecule has 7 heavy (non-hydrogen) atoms. The Morgan fingerprint density at radius 2 is 2.57 bits per heavy atom. The van der Waals surface area contributed by atoms with Crippen LogP contribution in [0.5, 0.6) is 0 Å². The van der Waals surface area contributed by atoms with Gasteiger partial charge in [0.2, 0.25) is 0 Å². The summed E-state index contributed by atoms with van der Waals surface area (Å²) in [6.07, 6.45) is 1.82. The fraction of sp³-hybridized carbons (Fsp3) is 0.400. The van der Waals surface area contributed by atoms with E-state index < -0.39 is 0 Å². The van der Waals surface area contributed by atoms with Crippen molar-refractivity contribution in [2.24, 2.45) is 0 Å². The topological polar surface area (TPSA) is 23.8 Å². The molecule has 0 fully saturated rings. The van der Waals surface area contributed by atoms with E-state index in [9.17, 15) is 0 Å². The summed E-state index contributed by atoms with van der Waals surface area (Å²) in [7, 11) is 0. The zero-order valence-corrected chi connectivity index (χ0v) is 5.70. The molecule has 1 nitrogen and oxygen atoms in total. The van der Waals surface area contributed by atoms with Crippen molar-refractivity contribution < 1.29 is 0 Å². The minimum Gasteiger partial charge on any atom is -0.193 e. The molecule has 0 bridgehead atoms. The fourth-order valence-electron chi connectivity index (χ4n) is 0.161. The van der Waals surface area contributed by atoms with Crippen LogP contribution in [0.3, 0.4) is 0 Å². The van der Waals surface area contributed by atoms with Crippen molar-refractivity contribution >= 4 is 15.9 Å². The van der Waals surface area contributed by atoms with Gasteiger partial charge in [-0.2, -0.15) is 5.26 Å². The first-order valence-corrected chi connectivity index (χ1v) is 3.06. The Bertz CT molecular complexity index is 110. The number of nitrogens with zero attached hydrogens (tertiary/aromatic N) is 1. The van der Waals surface area contributed by atoms with Crippen LogP contribution in [0.15, 0.2) is 11.6 Å². The second-order valence-corrected chi connectivity index (χ2v) is 1.80. The second-order valence-electron chi connectivity index (χ2n) is 1.15. The standard InChI is InChI=1S/C5H6BrN/c1-5(4-7)2-3-6/h2H,3H2,1H3. The second kappa shape index (κ2) is 3.89.